The van der Waals surface area contributed by atoms with E-state index in [1.54, 1.807) is 0 Å². The second-order valence-electron chi connectivity index (χ2n) is 4.61. The van der Waals surface area contributed by atoms with Crippen molar-refractivity contribution in [3.63, 3.8) is 0 Å². The standard InChI is InChI=1S/C17H12ClN3/c18-14-8-6-13(7-9-14)17-12-16(10-11-19)21(20-17)15-4-2-1-3-5-15/h1-9,12H,10H2. The molecule has 0 bridgehead atoms. The van der Waals surface area contributed by atoms with Gasteiger partial charge in [0.25, 0.3) is 0 Å². The molecule has 0 saturated carbocycles. The average molecular weight is 294 g/mol. The Labute approximate surface area is 128 Å². The van der Waals surface area contributed by atoms with Crippen LogP contribution in [0.4, 0.5) is 0 Å². The Bertz CT molecular complexity index is 783. The van der Waals surface area contributed by atoms with Crippen molar-refractivity contribution in [2.45, 2.75) is 6.42 Å². The third kappa shape index (κ3) is 2.81. The molecule has 0 spiro atoms. The van der Waals surface area contributed by atoms with Crippen molar-refractivity contribution in [1.29, 1.82) is 5.26 Å². The normalized spacial score (nSPS) is 10.3. The lowest BCUT2D eigenvalue weighted by atomic mass is 10.1. The number of aromatic nitrogens is 2. The quantitative estimate of drug-likeness (QED) is 0.724. The number of benzene rings is 2. The molecule has 4 heteroatoms. The summed E-state index contributed by atoms with van der Waals surface area (Å²) >= 11 is 5.91. The molecule has 0 fully saturated rings. The van der Waals surface area contributed by atoms with Gasteiger partial charge in [0.05, 0.1) is 29.6 Å². The molecule has 3 nitrogen and oxygen atoms in total. The molecule has 1 heterocycles. The van der Waals surface area contributed by atoms with Crippen molar-refractivity contribution < 1.29 is 0 Å². The van der Waals surface area contributed by atoms with Crippen LogP contribution in [0.5, 0.6) is 0 Å². The molecule has 3 rings (SSSR count). The summed E-state index contributed by atoms with van der Waals surface area (Å²) in [6.45, 7) is 0. The van der Waals surface area contributed by atoms with Crippen LogP contribution >= 0.6 is 11.6 Å². The minimum atomic E-state index is 0.315. The fourth-order valence-corrected chi connectivity index (χ4v) is 2.31. The maximum Gasteiger partial charge on any atom is 0.0930 e. The van der Waals surface area contributed by atoms with E-state index in [2.05, 4.69) is 11.2 Å². The maximum absolute atomic E-state index is 9.00. The first-order valence-corrected chi connectivity index (χ1v) is 6.93. The van der Waals surface area contributed by atoms with Crippen LogP contribution in [-0.4, -0.2) is 9.78 Å². The summed E-state index contributed by atoms with van der Waals surface area (Å²) in [4.78, 5) is 0. The minimum absolute atomic E-state index is 0.315. The topological polar surface area (TPSA) is 41.6 Å². The van der Waals surface area contributed by atoms with Gasteiger partial charge in [-0.05, 0) is 30.3 Å². The smallest absolute Gasteiger partial charge is 0.0930 e. The van der Waals surface area contributed by atoms with E-state index >= 15 is 0 Å². The van der Waals surface area contributed by atoms with E-state index in [4.69, 9.17) is 16.9 Å². The summed E-state index contributed by atoms with van der Waals surface area (Å²) in [5.41, 5.74) is 3.63. The molecule has 0 aliphatic carbocycles. The van der Waals surface area contributed by atoms with E-state index in [0.717, 1.165) is 22.6 Å². The lowest BCUT2D eigenvalue weighted by Crippen LogP contribution is -2.01. The fourth-order valence-electron chi connectivity index (χ4n) is 2.18. The lowest BCUT2D eigenvalue weighted by molar-refractivity contribution is 0.834. The summed E-state index contributed by atoms with van der Waals surface area (Å²) < 4.78 is 1.81. The molecule has 0 aliphatic rings. The first kappa shape index (κ1) is 13.4. The Hall–Kier alpha value is -2.57. The van der Waals surface area contributed by atoms with E-state index < -0.39 is 0 Å². The van der Waals surface area contributed by atoms with Crippen molar-refractivity contribution in [3.05, 3.63) is 71.4 Å². The number of para-hydroxylation sites is 1. The van der Waals surface area contributed by atoms with Gasteiger partial charge in [-0.15, -0.1) is 0 Å². The average Bonchev–Trinajstić information content (AvgIpc) is 2.93. The minimum Gasteiger partial charge on any atom is -0.236 e. The van der Waals surface area contributed by atoms with Crippen molar-refractivity contribution in [1.82, 2.24) is 9.78 Å². The van der Waals surface area contributed by atoms with Gasteiger partial charge in [0, 0.05) is 10.6 Å². The summed E-state index contributed by atoms with van der Waals surface area (Å²) in [5.74, 6) is 0. The Morgan fingerprint density at radius 2 is 1.76 bits per heavy atom. The van der Waals surface area contributed by atoms with Crippen LogP contribution < -0.4 is 0 Å². The molecular weight excluding hydrogens is 282 g/mol. The van der Waals surface area contributed by atoms with Crippen LogP contribution in [0.15, 0.2) is 60.7 Å². The zero-order valence-corrected chi connectivity index (χ0v) is 12.0. The Kier molecular flexibility index (Phi) is 3.72. The number of nitrogens with zero attached hydrogens (tertiary/aromatic N) is 3. The van der Waals surface area contributed by atoms with E-state index in [-0.39, 0.29) is 0 Å². The third-order valence-corrected chi connectivity index (χ3v) is 3.44. The largest absolute Gasteiger partial charge is 0.236 e. The monoisotopic (exact) mass is 293 g/mol. The molecule has 1 aromatic heterocycles. The first-order chi connectivity index (χ1) is 10.3. The van der Waals surface area contributed by atoms with Crippen LogP contribution in [0.2, 0.25) is 5.02 Å². The van der Waals surface area contributed by atoms with Crippen LogP contribution in [0.1, 0.15) is 5.69 Å². The van der Waals surface area contributed by atoms with Gasteiger partial charge >= 0.3 is 0 Å². The van der Waals surface area contributed by atoms with Gasteiger partial charge in [-0.1, -0.05) is 41.9 Å². The number of halogens is 1. The van der Waals surface area contributed by atoms with E-state index in [1.807, 2.05) is 65.3 Å². The Morgan fingerprint density at radius 3 is 2.43 bits per heavy atom. The summed E-state index contributed by atoms with van der Waals surface area (Å²) in [5, 5.41) is 14.3. The summed E-state index contributed by atoms with van der Waals surface area (Å²) in [6, 6.07) is 21.5. The van der Waals surface area contributed by atoms with Crippen molar-refractivity contribution in [3.8, 4) is 23.0 Å². The molecule has 0 atom stereocenters. The number of nitriles is 1. The number of rotatable bonds is 3. The van der Waals surface area contributed by atoms with Gasteiger partial charge in [0.2, 0.25) is 0 Å². The number of hydrogen-bond acceptors (Lipinski definition) is 2. The zero-order chi connectivity index (χ0) is 14.7. The predicted octanol–water partition coefficient (Wildman–Crippen LogP) is 4.26. The molecule has 0 N–H and O–H groups in total. The van der Waals surface area contributed by atoms with Gasteiger partial charge in [-0.3, -0.25) is 0 Å². The molecule has 102 valence electrons. The SMILES string of the molecule is N#CCc1cc(-c2ccc(Cl)cc2)nn1-c1ccccc1. The van der Waals surface area contributed by atoms with Gasteiger partial charge < -0.3 is 0 Å². The van der Waals surface area contributed by atoms with Gasteiger partial charge in [-0.2, -0.15) is 10.4 Å². The first-order valence-electron chi connectivity index (χ1n) is 6.55. The summed E-state index contributed by atoms with van der Waals surface area (Å²) in [6.07, 6.45) is 0.315. The van der Waals surface area contributed by atoms with Crippen LogP contribution in [-0.2, 0) is 6.42 Å². The zero-order valence-electron chi connectivity index (χ0n) is 11.2. The molecule has 0 unspecified atom stereocenters. The fraction of sp³-hybridized carbons (Fsp3) is 0.0588. The van der Waals surface area contributed by atoms with Gasteiger partial charge in [-0.25, -0.2) is 4.68 Å². The second kappa shape index (κ2) is 5.82. The molecule has 0 radical (unpaired) electrons. The van der Waals surface area contributed by atoms with Crippen molar-refractivity contribution in [2.75, 3.05) is 0 Å². The summed E-state index contributed by atoms with van der Waals surface area (Å²) in [7, 11) is 0. The highest BCUT2D eigenvalue weighted by molar-refractivity contribution is 6.30. The molecule has 0 aliphatic heterocycles. The lowest BCUT2D eigenvalue weighted by Gasteiger charge is -2.04. The highest BCUT2D eigenvalue weighted by atomic mass is 35.5. The highest BCUT2D eigenvalue weighted by Gasteiger charge is 2.10. The van der Waals surface area contributed by atoms with E-state index in [1.165, 1.54) is 0 Å². The van der Waals surface area contributed by atoms with Crippen LogP contribution in [0.3, 0.4) is 0 Å². The van der Waals surface area contributed by atoms with E-state index in [9.17, 15) is 0 Å². The molecular formula is C17H12ClN3. The van der Waals surface area contributed by atoms with Crippen LogP contribution in [0, 0.1) is 11.3 Å². The van der Waals surface area contributed by atoms with Crippen LogP contribution in [0.25, 0.3) is 16.9 Å². The Morgan fingerprint density at radius 1 is 1.05 bits per heavy atom. The Balaban J connectivity index is 2.09. The molecule has 0 saturated heterocycles. The number of hydrogen-bond donors (Lipinski definition) is 0. The third-order valence-electron chi connectivity index (χ3n) is 3.18. The van der Waals surface area contributed by atoms with Crippen molar-refractivity contribution >= 4 is 11.6 Å². The molecule has 21 heavy (non-hydrogen) atoms. The maximum atomic E-state index is 9.00. The van der Waals surface area contributed by atoms with Gasteiger partial charge in [0.15, 0.2) is 0 Å². The molecule has 0 amide bonds. The molecule has 2 aromatic carbocycles. The highest BCUT2D eigenvalue weighted by Crippen LogP contribution is 2.23. The molecule has 3 aromatic rings. The van der Waals surface area contributed by atoms with Crippen molar-refractivity contribution in [2.24, 2.45) is 0 Å². The van der Waals surface area contributed by atoms with Gasteiger partial charge in [0.1, 0.15) is 0 Å². The second-order valence-corrected chi connectivity index (χ2v) is 5.05. The predicted molar refractivity (Wildman–Crippen MR) is 83.3 cm³/mol. The van der Waals surface area contributed by atoms with E-state index in [0.29, 0.717) is 11.4 Å².